The Kier molecular flexibility index (Phi) is 7.78. The first kappa shape index (κ1) is 19.8. The average molecular weight is 418 g/mol. The maximum absolute atomic E-state index is 11.9. The lowest BCUT2D eigenvalue weighted by Gasteiger charge is -2.11. The molecule has 2 N–H and O–H groups in total. The van der Waals surface area contributed by atoms with Crippen LogP contribution >= 0.6 is 47.0 Å². The van der Waals surface area contributed by atoms with Crippen molar-refractivity contribution in [1.82, 2.24) is 5.32 Å². The zero-order valence-corrected chi connectivity index (χ0v) is 16.1. The Morgan fingerprint density at radius 2 is 1.72 bits per heavy atom. The molecule has 0 aliphatic carbocycles. The van der Waals surface area contributed by atoms with E-state index in [0.29, 0.717) is 39.5 Å². The minimum Gasteiger partial charge on any atom is -0.494 e. The highest BCUT2D eigenvalue weighted by Crippen LogP contribution is 2.25. The van der Waals surface area contributed by atoms with E-state index in [2.05, 4.69) is 10.6 Å². The molecule has 1 amide bonds. The van der Waals surface area contributed by atoms with Crippen LogP contribution in [-0.2, 0) is 4.79 Å². The lowest BCUT2D eigenvalue weighted by Crippen LogP contribution is -2.34. The van der Waals surface area contributed by atoms with Crippen LogP contribution in [-0.4, -0.2) is 17.6 Å². The van der Waals surface area contributed by atoms with Crippen molar-refractivity contribution in [3.05, 3.63) is 57.5 Å². The minimum atomic E-state index is -0.206. The summed E-state index contributed by atoms with van der Waals surface area (Å²) in [4.78, 5) is 11.9. The van der Waals surface area contributed by atoms with Gasteiger partial charge in [0.05, 0.1) is 17.3 Å². The number of hydrogen-bond acceptors (Lipinski definition) is 3. The fourth-order valence-electron chi connectivity index (χ4n) is 1.89. The number of hydrogen-bond donors (Lipinski definition) is 2. The van der Waals surface area contributed by atoms with Gasteiger partial charge in [-0.05, 0) is 61.1 Å². The molecule has 0 aliphatic rings. The van der Waals surface area contributed by atoms with Crippen LogP contribution in [0.25, 0.3) is 0 Å². The Bertz CT molecular complexity index is 754. The lowest BCUT2D eigenvalue weighted by molar-refractivity contribution is -0.119. The maximum Gasteiger partial charge on any atom is 0.226 e. The number of carbonyl (C=O) groups is 1. The van der Waals surface area contributed by atoms with Crippen molar-refractivity contribution >= 4 is 63.7 Å². The summed E-state index contributed by atoms with van der Waals surface area (Å²) in [5, 5.41) is 7.21. The van der Waals surface area contributed by atoms with Gasteiger partial charge >= 0.3 is 0 Å². The van der Waals surface area contributed by atoms with Gasteiger partial charge in [0.1, 0.15) is 5.75 Å². The molecule has 2 aromatic carbocycles. The van der Waals surface area contributed by atoms with Crippen LogP contribution < -0.4 is 15.4 Å². The van der Waals surface area contributed by atoms with Crippen molar-refractivity contribution in [3.63, 3.8) is 0 Å². The van der Waals surface area contributed by atoms with Crippen LogP contribution in [0.5, 0.6) is 5.75 Å². The van der Waals surface area contributed by atoms with Crippen molar-refractivity contribution in [1.29, 1.82) is 0 Å². The molecule has 0 saturated heterocycles. The summed E-state index contributed by atoms with van der Waals surface area (Å²) in [7, 11) is 0. The third-order valence-corrected chi connectivity index (χ3v) is 4.07. The summed E-state index contributed by atoms with van der Waals surface area (Å²) >= 11 is 22.8. The fraction of sp³-hybridized carbons (Fsp3) is 0.176. The van der Waals surface area contributed by atoms with Gasteiger partial charge in [0, 0.05) is 16.5 Å². The van der Waals surface area contributed by atoms with Crippen LogP contribution in [0.15, 0.2) is 42.5 Å². The number of anilines is 1. The molecule has 2 aromatic rings. The minimum absolute atomic E-state index is 0.174. The van der Waals surface area contributed by atoms with Gasteiger partial charge in [-0.2, -0.15) is 0 Å². The highest BCUT2D eigenvalue weighted by Gasteiger charge is 2.07. The zero-order chi connectivity index (χ0) is 18.2. The van der Waals surface area contributed by atoms with E-state index in [1.54, 1.807) is 42.5 Å². The molecule has 4 nitrogen and oxygen atoms in total. The molecule has 0 aliphatic heterocycles. The average Bonchev–Trinajstić information content (AvgIpc) is 2.56. The largest absolute Gasteiger partial charge is 0.494 e. The van der Waals surface area contributed by atoms with Gasteiger partial charge < -0.3 is 15.4 Å². The summed E-state index contributed by atoms with van der Waals surface area (Å²) in [6, 6.07) is 12.0. The number of thiocarbonyl (C=S) groups is 1. The van der Waals surface area contributed by atoms with E-state index in [0.717, 1.165) is 0 Å². The van der Waals surface area contributed by atoms with Crippen molar-refractivity contribution < 1.29 is 9.53 Å². The molecule has 0 fully saturated rings. The molecule has 2 rings (SSSR count). The monoisotopic (exact) mass is 416 g/mol. The summed E-state index contributed by atoms with van der Waals surface area (Å²) in [5.74, 6) is 0.502. The molecule has 0 spiro atoms. The van der Waals surface area contributed by atoms with Gasteiger partial charge in [-0.3, -0.25) is 4.79 Å². The number of rotatable bonds is 6. The summed E-state index contributed by atoms with van der Waals surface area (Å²) in [5.41, 5.74) is 0.572. The normalized spacial score (nSPS) is 10.2. The van der Waals surface area contributed by atoms with Crippen LogP contribution in [0, 0.1) is 0 Å². The molecule has 8 heteroatoms. The lowest BCUT2D eigenvalue weighted by atomic mass is 10.3. The molecule has 0 heterocycles. The van der Waals surface area contributed by atoms with Crippen LogP contribution in [0.4, 0.5) is 5.69 Å². The number of nitrogens with one attached hydrogen (secondary N) is 2. The molecular formula is C17H15Cl3N2O2S. The molecule has 0 bridgehead atoms. The molecule has 0 atom stereocenters. The number of amides is 1. The molecule has 0 saturated carbocycles. The second-order valence-corrected chi connectivity index (χ2v) is 6.72. The number of ether oxygens (including phenoxy) is 1. The SMILES string of the molecule is O=C(CCCOc1ccc(Cl)cc1)NC(=S)Nc1ccc(Cl)cc1Cl. The zero-order valence-electron chi connectivity index (χ0n) is 13.0. The molecule has 132 valence electrons. The van der Waals surface area contributed by atoms with Gasteiger partial charge in [0.15, 0.2) is 5.11 Å². The van der Waals surface area contributed by atoms with Crippen molar-refractivity contribution in [2.24, 2.45) is 0 Å². The number of halogens is 3. The first-order valence-corrected chi connectivity index (χ1v) is 8.92. The summed E-state index contributed by atoms with van der Waals surface area (Å²) in [6.45, 7) is 0.415. The van der Waals surface area contributed by atoms with Crippen molar-refractivity contribution in [2.45, 2.75) is 12.8 Å². The third kappa shape index (κ3) is 7.08. The van der Waals surface area contributed by atoms with Crippen molar-refractivity contribution in [3.8, 4) is 5.75 Å². The van der Waals surface area contributed by atoms with E-state index in [-0.39, 0.29) is 17.4 Å². The van der Waals surface area contributed by atoms with Gasteiger partial charge in [0.2, 0.25) is 5.91 Å². The summed E-state index contributed by atoms with van der Waals surface area (Å²) in [6.07, 6.45) is 0.836. The van der Waals surface area contributed by atoms with E-state index in [1.807, 2.05) is 0 Å². The Hall–Kier alpha value is -1.53. The highest BCUT2D eigenvalue weighted by molar-refractivity contribution is 7.80. The van der Waals surface area contributed by atoms with Crippen LogP contribution in [0.3, 0.4) is 0 Å². The molecular weight excluding hydrogens is 403 g/mol. The van der Waals surface area contributed by atoms with Crippen LogP contribution in [0.1, 0.15) is 12.8 Å². The maximum atomic E-state index is 11.9. The van der Waals surface area contributed by atoms with Crippen LogP contribution in [0.2, 0.25) is 15.1 Å². The Morgan fingerprint density at radius 3 is 2.40 bits per heavy atom. The first-order chi connectivity index (χ1) is 11.9. The van der Waals surface area contributed by atoms with E-state index in [9.17, 15) is 4.79 Å². The molecule has 25 heavy (non-hydrogen) atoms. The van der Waals surface area contributed by atoms with Gasteiger partial charge in [-0.1, -0.05) is 34.8 Å². The number of benzene rings is 2. The van der Waals surface area contributed by atoms with E-state index >= 15 is 0 Å². The predicted molar refractivity (Wildman–Crippen MR) is 107 cm³/mol. The number of carbonyl (C=O) groups excluding carboxylic acids is 1. The molecule has 0 radical (unpaired) electrons. The third-order valence-electron chi connectivity index (χ3n) is 3.06. The van der Waals surface area contributed by atoms with E-state index in [1.165, 1.54) is 0 Å². The van der Waals surface area contributed by atoms with Gasteiger partial charge in [-0.15, -0.1) is 0 Å². The van der Waals surface area contributed by atoms with Crippen molar-refractivity contribution in [2.75, 3.05) is 11.9 Å². The standard InChI is InChI=1S/C17H15Cl3N2O2S/c18-11-3-6-13(7-4-11)24-9-1-2-16(23)22-17(25)21-15-8-5-12(19)10-14(15)20/h3-8,10H,1-2,9H2,(H2,21,22,23,25). The quantitative estimate of drug-likeness (QED) is 0.493. The van der Waals surface area contributed by atoms with E-state index < -0.39 is 0 Å². The Balaban J connectivity index is 1.69. The first-order valence-electron chi connectivity index (χ1n) is 7.38. The summed E-state index contributed by atoms with van der Waals surface area (Å²) < 4.78 is 5.52. The highest BCUT2D eigenvalue weighted by atomic mass is 35.5. The van der Waals surface area contributed by atoms with Gasteiger partial charge in [-0.25, -0.2) is 0 Å². The molecule has 0 aromatic heterocycles. The molecule has 0 unspecified atom stereocenters. The smallest absolute Gasteiger partial charge is 0.226 e. The Morgan fingerprint density at radius 1 is 1.04 bits per heavy atom. The second-order valence-electron chi connectivity index (χ2n) is 5.03. The van der Waals surface area contributed by atoms with E-state index in [4.69, 9.17) is 51.8 Å². The Labute approximate surface area is 166 Å². The topological polar surface area (TPSA) is 50.4 Å². The fourth-order valence-corrected chi connectivity index (χ4v) is 2.69. The predicted octanol–water partition coefficient (Wildman–Crippen LogP) is 5.32. The van der Waals surface area contributed by atoms with Gasteiger partial charge in [0.25, 0.3) is 0 Å². The second kappa shape index (κ2) is 9.82.